The van der Waals surface area contributed by atoms with E-state index in [0.717, 1.165) is 25.8 Å². The predicted octanol–water partition coefficient (Wildman–Crippen LogP) is 2.12. The van der Waals surface area contributed by atoms with E-state index in [-0.39, 0.29) is 18.5 Å². The van der Waals surface area contributed by atoms with Crippen molar-refractivity contribution in [3.05, 3.63) is 24.2 Å². The van der Waals surface area contributed by atoms with Crippen LogP contribution in [0.2, 0.25) is 0 Å². The molecule has 122 valence electrons. The number of nitrogens with zero attached hydrogens (tertiary/aromatic N) is 1. The third-order valence-electron chi connectivity index (χ3n) is 3.66. The summed E-state index contributed by atoms with van der Waals surface area (Å²) in [5.74, 6) is 1.24. The second-order valence-electron chi connectivity index (χ2n) is 6.12. The highest BCUT2D eigenvalue weighted by molar-refractivity contribution is 5.84. The summed E-state index contributed by atoms with van der Waals surface area (Å²) in [6, 6.07) is 3.57. The molecule has 2 N–H and O–H groups in total. The Bertz CT molecular complexity index is 481. The molecule has 22 heavy (non-hydrogen) atoms. The van der Waals surface area contributed by atoms with Crippen LogP contribution in [0, 0.1) is 5.92 Å². The monoisotopic (exact) mass is 307 g/mol. The quantitative estimate of drug-likeness (QED) is 0.772. The molecule has 6 heteroatoms. The molecule has 1 aliphatic rings. The Morgan fingerprint density at radius 3 is 2.73 bits per heavy atom. The highest BCUT2D eigenvalue weighted by Gasteiger charge is 2.32. The van der Waals surface area contributed by atoms with Crippen molar-refractivity contribution >= 4 is 11.9 Å². The number of carbonyl (C=O) groups excluding carboxylic acids is 2. The average molecular weight is 307 g/mol. The van der Waals surface area contributed by atoms with E-state index in [1.54, 1.807) is 18.4 Å². The Kier molecular flexibility index (Phi) is 5.86. The number of amides is 3. The van der Waals surface area contributed by atoms with Gasteiger partial charge in [-0.15, -0.1) is 0 Å². The third-order valence-corrected chi connectivity index (χ3v) is 3.66. The SMILES string of the molecule is CC(C)CCN(C(=O)CNC(=O)NCc1ccco1)C1CC1. The summed E-state index contributed by atoms with van der Waals surface area (Å²) in [6.45, 7) is 5.42. The van der Waals surface area contributed by atoms with E-state index < -0.39 is 0 Å². The largest absolute Gasteiger partial charge is 0.467 e. The fourth-order valence-corrected chi connectivity index (χ4v) is 2.19. The van der Waals surface area contributed by atoms with Crippen LogP contribution in [0.3, 0.4) is 0 Å². The maximum Gasteiger partial charge on any atom is 0.315 e. The topological polar surface area (TPSA) is 74.6 Å². The summed E-state index contributed by atoms with van der Waals surface area (Å²) in [7, 11) is 0. The second-order valence-corrected chi connectivity index (χ2v) is 6.12. The highest BCUT2D eigenvalue weighted by Crippen LogP contribution is 2.27. The molecular formula is C16H25N3O3. The Morgan fingerprint density at radius 2 is 2.14 bits per heavy atom. The minimum atomic E-state index is -0.357. The van der Waals surface area contributed by atoms with Crippen LogP contribution >= 0.6 is 0 Å². The Morgan fingerprint density at radius 1 is 1.36 bits per heavy atom. The fourth-order valence-electron chi connectivity index (χ4n) is 2.19. The van der Waals surface area contributed by atoms with Gasteiger partial charge in [-0.2, -0.15) is 0 Å². The molecule has 2 rings (SSSR count). The maximum atomic E-state index is 12.2. The maximum absolute atomic E-state index is 12.2. The zero-order chi connectivity index (χ0) is 15.9. The van der Waals surface area contributed by atoms with Crippen molar-refractivity contribution in [2.45, 2.75) is 45.7 Å². The number of urea groups is 1. The summed E-state index contributed by atoms with van der Waals surface area (Å²) in [6.07, 6.45) is 4.71. The third kappa shape index (κ3) is 5.42. The number of rotatable bonds is 8. The van der Waals surface area contributed by atoms with E-state index in [1.165, 1.54) is 0 Å². The fraction of sp³-hybridized carbons (Fsp3) is 0.625. The minimum absolute atomic E-state index is 0.00343. The summed E-state index contributed by atoms with van der Waals surface area (Å²) >= 11 is 0. The summed E-state index contributed by atoms with van der Waals surface area (Å²) in [5.41, 5.74) is 0. The molecule has 0 radical (unpaired) electrons. The van der Waals surface area contributed by atoms with Gasteiger partial charge in [0.05, 0.1) is 19.4 Å². The van der Waals surface area contributed by atoms with Gasteiger partial charge in [-0.3, -0.25) is 4.79 Å². The van der Waals surface area contributed by atoms with E-state index in [4.69, 9.17) is 4.42 Å². The van der Waals surface area contributed by atoms with Crippen LogP contribution in [-0.2, 0) is 11.3 Å². The number of furan rings is 1. The van der Waals surface area contributed by atoms with Gasteiger partial charge in [0.25, 0.3) is 0 Å². The van der Waals surface area contributed by atoms with Crippen LogP contribution in [0.15, 0.2) is 22.8 Å². The lowest BCUT2D eigenvalue weighted by Gasteiger charge is -2.23. The van der Waals surface area contributed by atoms with Gasteiger partial charge in [0, 0.05) is 12.6 Å². The summed E-state index contributed by atoms with van der Waals surface area (Å²) < 4.78 is 5.12. The van der Waals surface area contributed by atoms with Gasteiger partial charge in [-0.25, -0.2) is 4.79 Å². The molecule has 0 aliphatic heterocycles. The Balaban J connectivity index is 1.69. The molecule has 0 bridgehead atoms. The number of hydrogen-bond donors (Lipinski definition) is 2. The van der Waals surface area contributed by atoms with Crippen LogP contribution in [0.1, 0.15) is 38.9 Å². The molecule has 0 aromatic carbocycles. The van der Waals surface area contributed by atoms with Crippen molar-refractivity contribution in [2.75, 3.05) is 13.1 Å². The van der Waals surface area contributed by atoms with Crippen molar-refractivity contribution in [3.63, 3.8) is 0 Å². The van der Waals surface area contributed by atoms with E-state index in [0.29, 0.717) is 24.3 Å². The highest BCUT2D eigenvalue weighted by atomic mass is 16.3. The van der Waals surface area contributed by atoms with E-state index >= 15 is 0 Å². The van der Waals surface area contributed by atoms with Crippen molar-refractivity contribution in [2.24, 2.45) is 5.92 Å². The zero-order valence-corrected chi connectivity index (χ0v) is 13.3. The van der Waals surface area contributed by atoms with Gasteiger partial charge in [0.15, 0.2) is 0 Å². The molecule has 0 atom stereocenters. The number of carbonyl (C=O) groups is 2. The first-order chi connectivity index (χ1) is 10.6. The first kappa shape index (κ1) is 16.4. The molecule has 0 spiro atoms. The van der Waals surface area contributed by atoms with Crippen molar-refractivity contribution in [1.29, 1.82) is 0 Å². The van der Waals surface area contributed by atoms with Gasteiger partial charge in [0.2, 0.25) is 5.91 Å². The Hall–Kier alpha value is -1.98. The lowest BCUT2D eigenvalue weighted by Crippen LogP contribution is -2.44. The van der Waals surface area contributed by atoms with Crippen LogP contribution < -0.4 is 10.6 Å². The lowest BCUT2D eigenvalue weighted by atomic mass is 10.1. The summed E-state index contributed by atoms with van der Waals surface area (Å²) in [5, 5.41) is 5.27. The minimum Gasteiger partial charge on any atom is -0.467 e. The van der Waals surface area contributed by atoms with Crippen LogP contribution in [-0.4, -0.2) is 36.0 Å². The average Bonchev–Trinajstić information content (AvgIpc) is 3.17. The van der Waals surface area contributed by atoms with E-state index in [1.807, 2.05) is 4.90 Å². The van der Waals surface area contributed by atoms with Gasteiger partial charge in [-0.05, 0) is 37.3 Å². The standard InChI is InChI=1S/C16H25N3O3/c1-12(2)7-8-19(13-5-6-13)15(20)11-18-16(21)17-10-14-4-3-9-22-14/h3-4,9,12-13H,5-8,10-11H2,1-2H3,(H2,17,18,21). The van der Waals surface area contributed by atoms with E-state index in [2.05, 4.69) is 24.5 Å². The molecule has 1 aromatic rings. The van der Waals surface area contributed by atoms with Gasteiger partial charge in [0.1, 0.15) is 5.76 Å². The van der Waals surface area contributed by atoms with Crippen LogP contribution in [0.5, 0.6) is 0 Å². The van der Waals surface area contributed by atoms with E-state index in [9.17, 15) is 9.59 Å². The van der Waals surface area contributed by atoms with Crippen molar-refractivity contribution < 1.29 is 14.0 Å². The molecule has 6 nitrogen and oxygen atoms in total. The number of hydrogen-bond acceptors (Lipinski definition) is 3. The second kappa shape index (κ2) is 7.87. The van der Waals surface area contributed by atoms with Crippen LogP contribution in [0.25, 0.3) is 0 Å². The molecular weight excluding hydrogens is 282 g/mol. The van der Waals surface area contributed by atoms with Crippen molar-refractivity contribution in [3.8, 4) is 0 Å². The Labute approximate surface area is 131 Å². The first-order valence-corrected chi connectivity index (χ1v) is 7.90. The number of nitrogens with one attached hydrogen (secondary N) is 2. The van der Waals surface area contributed by atoms with Crippen molar-refractivity contribution in [1.82, 2.24) is 15.5 Å². The van der Waals surface area contributed by atoms with Gasteiger partial charge in [-0.1, -0.05) is 13.8 Å². The normalized spacial score (nSPS) is 14.0. The lowest BCUT2D eigenvalue weighted by molar-refractivity contribution is -0.130. The molecule has 3 amide bonds. The first-order valence-electron chi connectivity index (χ1n) is 7.90. The molecule has 0 saturated heterocycles. The molecule has 1 aliphatic carbocycles. The molecule has 0 unspecified atom stereocenters. The smallest absolute Gasteiger partial charge is 0.315 e. The molecule has 1 aromatic heterocycles. The molecule has 1 saturated carbocycles. The van der Waals surface area contributed by atoms with Crippen LogP contribution in [0.4, 0.5) is 4.79 Å². The molecule has 1 heterocycles. The van der Waals surface area contributed by atoms with Gasteiger partial charge < -0.3 is 20.0 Å². The molecule has 1 fully saturated rings. The summed E-state index contributed by atoms with van der Waals surface area (Å²) in [4.78, 5) is 25.8. The zero-order valence-electron chi connectivity index (χ0n) is 13.3. The van der Waals surface area contributed by atoms with Gasteiger partial charge >= 0.3 is 6.03 Å². The predicted molar refractivity (Wildman–Crippen MR) is 83.1 cm³/mol.